The first-order valence-corrected chi connectivity index (χ1v) is 5.44. The predicted molar refractivity (Wildman–Crippen MR) is 56.0 cm³/mol. The van der Waals surface area contributed by atoms with Crippen LogP contribution in [-0.4, -0.2) is 42.4 Å². The molecule has 0 spiro atoms. The number of aliphatic carboxylic acids is 1. The number of carbonyl (C=O) groups is 2. The fourth-order valence-electron chi connectivity index (χ4n) is 1.08. The second-order valence-corrected chi connectivity index (χ2v) is 3.65. The zero-order valence-corrected chi connectivity index (χ0v) is 9.92. The summed E-state index contributed by atoms with van der Waals surface area (Å²) in [5.74, 6) is -2.96. The Hall–Kier alpha value is -1.31. The molecule has 1 atom stereocenters. The lowest BCUT2D eigenvalue weighted by atomic mass is 10.2. The first-order chi connectivity index (χ1) is 8.27. The van der Waals surface area contributed by atoms with Crippen LogP contribution in [0.25, 0.3) is 0 Å². The number of ether oxygens (including phenoxy) is 1. The highest BCUT2D eigenvalue weighted by atomic mass is 19.4. The molecule has 2 N–H and O–H groups in total. The van der Waals surface area contributed by atoms with Gasteiger partial charge in [0, 0.05) is 13.0 Å². The average molecular weight is 271 g/mol. The maximum Gasteiger partial charge on any atom is 0.471 e. The summed E-state index contributed by atoms with van der Waals surface area (Å²) in [6.07, 6.45) is -4.40. The van der Waals surface area contributed by atoms with Crippen LogP contribution in [0, 0.1) is 0 Å². The first-order valence-electron chi connectivity index (χ1n) is 5.44. The fourth-order valence-corrected chi connectivity index (χ4v) is 1.08. The van der Waals surface area contributed by atoms with Crippen LogP contribution in [0.15, 0.2) is 0 Å². The van der Waals surface area contributed by atoms with Crippen molar-refractivity contribution in [3.63, 3.8) is 0 Å². The third-order valence-electron chi connectivity index (χ3n) is 2.08. The molecular formula is C10H16F3NO4. The van der Waals surface area contributed by atoms with E-state index in [4.69, 9.17) is 9.84 Å². The number of rotatable bonds is 8. The highest BCUT2D eigenvalue weighted by Gasteiger charge is 2.39. The molecule has 0 aliphatic carbocycles. The molecule has 0 aliphatic heterocycles. The zero-order chi connectivity index (χ0) is 14.2. The molecule has 0 bridgehead atoms. The van der Waals surface area contributed by atoms with Gasteiger partial charge in [-0.2, -0.15) is 13.2 Å². The van der Waals surface area contributed by atoms with Crippen molar-refractivity contribution in [1.82, 2.24) is 5.32 Å². The Morgan fingerprint density at radius 1 is 1.39 bits per heavy atom. The summed E-state index contributed by atoms with van der Waals surface area (Å²) in [7, 11) is 0. The number of halogens is 3. The zero-order valence-electron chi connectivity index (χ0n) is 9.92. The van der Waals surface area contributed by atoms with E-state index < -0.39 is 24.1 Å². The van der Waals surface area contributed by atoms with Crippen LogP contribution in [0.3, 0.4) is 0 Å². The van der Waals surface area contributed by atoms with Gasteiger partial charge in [0.1, 0.15) is 0 Å². The van der Waals surface area contributed by atoms with Gasteiger partial charge in [-0.05, 0) is 12.8 Å². The van der Waals surface area contributed by atoms with E-state index in [2.05, 4.69) is 0 Å². The van der Waals surface area contributed by atoms with E-state index >= 15 is 0 Å². The van der Waals surface area contributed by atoms with E-state index in [-0.39, 0.29) is 26.1 Å². The van der Waals surface area contributed by atoms with Gasteiger partial charge in [-0.1, -0.05) is 6.92 Å². The van der Waals surface area contributed by atoms with Gasteiger partial charge >= 0.3 is 18.1 Å². The van der Waals surface area contributed by atoms with Gasteiger partial charge in [-0.15, -0.1) is 0 Å². The Morgan fingerprint density at radius 2 is 2.00 bits per heavy atom. The third kappa shape index (κ3) is 7.88. The molecule has 0 aromatic carbocycles. The molecule has 0 aromatic heterocycles. The molecule has 0 aliphatic rings. The fraction of sp³-hybridized carbons (Fsp3) is 0.800. The number of hydrogen-bond donors (Lipinski definition) is 2. The second kappa shape index (κ2) is 7.91. The minimum absolute atomic E-state index is 0.0638. The summed E-state index contributed by atoms with van der Waals surface area (Å²) in [6, 6.07) is -0.732. The van der Waals surface area contributed by atoms with Crippen molar-refractivity contribution in [1.29, 1.82) is 0 Å². The lowest BCUT2D eigenvalue weighted by molar-refractivity contribution is -0.174. The van der Waals surface area contributed by atoms with E-state index in [1.54, 1.807) is 12.2 Å². The SMILES string of the molecule is CCC(COCCCC(=O)O)NC(=O)C(F)(F)F. The largest absolute Gasteiger partial charge is 0.481 e. The smallest absolute Gasteiger partial charge is 0.471 e. The molecule has 0 saturated carbocycles. The van der Waals surface area contributed by atoms with Crippen molar-refractivity contribution in [2.75, 3.05) is 13.2 Å². The molecule has 0 saturated heterocycles. The molecule has 18 heavy (non-hydrogen) atoms. The van der Waals surface area contributed by atoms with Crippen LogP contribution < -0.4 is 5.32 Å². The van der Waals surface area contributed by atoms with Crippen molar-refractivity contribution >= 4 is 11.9 Å². The second-order valence-electron chi connectivity index (χ2n) is 3.65. The van der Waals surface area contributed by atoms with Gasteiger partial charge in [0.15, 0.2) is 0 Å². The molecule has 5 nitrogen and oxygen atoms in total. The van der Waals surface area contributed by atoms with E-state index in [0.29, 0.717) is 6.42 Å². The highest BCUT2D eigenvalue weighted by molar-refractivity contribution is 5.81. The number of hydrogen-bond acceptors (Lipinski definition) is 3. The predicted octanol–water partition coefficient (Wildman–Crippen LogP) is 1.32. The number of amides is 1. The molecule has 1 amide bonds. The summed E-state index contributed by atoms with van der Waals surface area (Å²) in [5, 5.41) is 10.1. The molecule has 0 fully saturated rings. The molecule has 8 heteroatoms. The maximum atomic E-state index is 12.0. The van der Waals surface area contributed by atoms with Gasteiger partial charge in [0.05, 0.1) is 12.6 Å². The van der Waals surface area contributed by atoms with Crippen molar-refractivity contribution in [3.8, 4) is 0 Å². The van der Waals surface area contributed by atoms with Gasteiger partial charge in [0.25, 0.3) is 0 Å². The Kier molecular flexibility index (Phi) is 7.33. The summed E-state index contributed by atoms with van der Waals surface area (Å²) >= 11 is 0. The summed E-state index contributed by atoms with van der Waals surface area (Å²) in [5.41, 5.74) is 0. The Balaban J connectivity index is 3.84. The monoisotopic (exact) mass is 271 g/mol. The molecular weight excluding hydrogens is 255 g/mol. The van der Waals surface area contributed by atoms with Crippen molar-refractivity contribution < 1.29 is 32.6 Å². The Bertz CT molecular complexity index is 281. The minimum Gasteiger partial charge on any atom is -0.481 e. The number of carboxylic acids is 1. The van der Waals surface area contributed by atoms with E-state index in [1.807, 2.05) is 0 Å². The normalized spacial score (nSPS) is 13.1. The van der Waals surface area contributed by atoms with Gasteiger partial charge < -0.3 is 15.2 Å². The summed E-state index contributed by atoms with van der Waals surface area (Å²) < 4.78 is 40.9. The number of alkyl halides is 3. The molecule has 0 heterocycles. The van der Waals surface area contributed by atoms with E-state index in [9.17, 15) is 22.8 Å². The average Bonchev–Trinajstić information content (AvgIpc) is 2.25. The number of nitrogens with one attached hydrogen (secondary N) is 1. The van der Waals surface area contributed by atoms with Gasteiger partial charge in [-0.3, -0.25) is 9.59 Å². The topological polar surface area (TPSA) is 75.6 Å². The van der Waals surface area contributed by atoms with Crippen LogP contribution in [0.5, 0.6) is 0 Å². The van der Waals surface area contributed by atoms with Gasteiger partial charge in [-0.25, -0.2) is 0 Å². The van der Waals surface area contributed by atoms with Crippen molar-refractivity contribution in [2.24, 2.45) is 0 Å². The highest BCUT2D eigenvalue weighted by Crippen LogP contribution is 2.14. The Morgan fingerprint density at radius 3 is 2.44 bits per heavy atom. The molecule has 0 rings (SSSR count). The summed E-state index contributed by atoms with van der Waals surface area (Å²) in [6.45, 7) is 1.67. The molecule has 106 valence electrons. The first kappa shape index (κ1) is 16.7. The van der Waals surface area contributed by atoms with Crippen molar-refractivity contribution in [2.45, 2.75) is 38.4 Å². The van der Waals surface area contributed by atoms with E-state index in [1.165, 1.54) is 0 Å². The van der Waals surface area contributed by atoms with Crippen molar-refractivity contribution in [3.05, 3.63) is 0 Å². The van der Waals surface area contributed by atoms with Crippen LogP contribution in [0.2, 0.25) is 0 Å². The summed E-state index contributed by atoms with van der Waals surface area (Å²) in [4.78, 5) is 20.8. The quantitative estimate of drug-likeness (QED) is 0.653. The van der Waals surface area contributed by atoms with E-state index in [0.717, 1.165) is 0 Å². The van der Waals surface area contributed by atoms with Crippen LogP contribution in [-0.2, 0) is 14.3 Å². The standard InChI is InChI=1S/C10H16F3NO4/c1-2-7(14-9(17)10(11,12)13)6-18-5-3-4-8(15)16/h7H,2-6H2,1H3,(H,14,17)(H,15,16). The molecule has 0 aromatic rings. The number of carbonyl (C=O) groups excluding carboxylic acids is 1. The Labute approximate surface area is 102 Å². The van der Waals surface area contributed by atoms with Crippen LogP contribution in [0.4, 0.5) is 13.2 Å². The number of carboxylic acid groups (broad SMARTS) is 1. The lowest BCUT2D eigenvalue weighted by Gasteiger charge is -2.17. The van der Waals surface area contributed by atoms with Crippen LogP contribution in [0.1, 0.15) is 26.2 Å². The molecule has 0 radical (unpaired) electrons. The molecule has 1 unspecified atom stereocenters. The maximum absolute atomic E-state index is 12.0. The third-order valence-corrected chi connectivity index (χ3v) is 2.08. The lowest BCUT2D eigenvalue weighted by Crippen LogP contribution is -2.44. The minimum atomic E-state index is -4.91. The van der Waals surface area contributed by atoms with Gasteiger partial charge in [0.2, 0.25) is 0 Å². The van der Waals surface area contributed by atoms with Crippen LogP contribution >= 0.6 is 0 Å².